The SMILES string of the molecule is Cc1[nH]c(Cc2cccc(Cl)c2Cl)nc1-c1ccsc1. The standard InChI is InChI=1S/C15H12Cl2N2S/c1-9-15(11-5-6-20-8-11)19-13(18-9)7-10-3-2-4-12(16)14(10)17/h2-6,8H,7H2,1H3,(H,18,19). The van der Waals surface area contributed by atoms with E-state index in [0.29, 0.717) is 16.5 Å². The molecular weight excluding hydrogens is 311 g/mol. The summed E-state index contributed by atoms with van der Waals surface area (Å²) in [7, 11) is 0. The van der Waals surface area contributed by atoms with Gasteiger partial charge >= 0.3 is 0 Å². The molecule has 0 bridgehead atoms. The van der Waals surface area contributed by atoms with E-state index in [1.54, 1.807) is 17.4 Å². The van der Waals surface area contributed by atoms with Crippen molar-refractivity contribution in [3.8, 4) is 11.3 Å². The average molecular weight is 323 g/mol. The smallest absolute Gasteiger partial charge is 0.111 e. The Labute approximate surface area is 131 Å². The molecule has 0 radical (unpaired) electrons. The van der Waals surface area contributed by atoms with Gasteiger partial charge in [0.1, 0.15) is 5.82 Å². The highest BCUT2D eigenvalue weighted by atomic mass is 35.5. The Morgan fingerprint density at radius 1 is 1.25 bits per heavy atom. The van der Waals surface area contributed by atoms with E-state index >= 15 is 0 Å². The fourth-order valence-corrected chi connectivity index (χ4v) is 3.18. The first-order chi connectivity index (χ1) is 9.65. The zero-order chi connectivity index (χ0) is 14.1. The number of nitrogens with one attached hydrogen (secondary N) is 1. The maximum atomic E-state index is 6.22. The predicted molar refractivity (Wildman–Crippen MR) is 85.9 cm³/mol. The largest absolute Gasteiger partial charge is 0.345 e. The lowest BCUT2D eigenvalue weighted by Crippen LogP contribution is -1.92. The third-order valence-electron chi connectivity index (χ3n) is 3.12. The van der Waals surface area contributed by atoms with Crippen LogP contribution >= 0.6 is 34.5 Å². The Morgan fingerprint density at radius 2 is 2.10 bits per heavy atom. The van der Waals surface area contributed by atoms with Crippen LogP contribution in [0.2, 0.25) is 10.0 Å². The van der Waals surface area contributed by atoms with E-state index in [-0.39, 0.29) is 0 Å². The molecule has 5 heteroatoms. The Hall–Kier alpha value is -1.29. The summed E-state index contributed by atoms with van der Waals surface area (Å²) in [6, 6.07) is 7.73. The van der Waals surface area contributed by atoms with Crippen LogP contribution in [0, 0.1) is 6.92 Å². The molecule has 2 heterocycles. The lowest BCUT2D eigenvalue weighted by molar-refractivity contribution is 1.02. The van der Waals surface area contributed by atoms with E-state index in [0.717, 1.165) is 28.3 Å². The zero-order valence-corrected chi connectivity index (χ0v) is 13.1. The molecule has 1 aromatic carbocycles. The van der Waals surface area contributed by atoms with Gasteiger partial charge in [-0.1, -0.05) is 35.3 Å². The summed E-state index contributed by atoms with van der Waals surface area (Å²) in [6.45, 7) is 2.03. The molecule has 0 saturated carbocycles. The minimum absolute atomic E-state index is 0.575. The quantitative estimate of drug-likeness (QED) is 0.692. The lowest BCUT2D eigenvalue weighted by Gasteiger charge is -2.03. The van der Waals surface area contributed by atoms with Crippen molar-refractivity contribution in [2.75, 3.05) is 0 Å². The fourth-order valence-electron chi connectivity index (χ4n) is 2.15. The van der Waals surface area contributed by atoms with Crippen molar-refractivity contribution in [2.24, 2.45) is 0 Å². The molecule has 102 valence electrons. The number of benzene rings is 1. The van der Waals surface area contributed by atoms with Crippen LogP contribution in [0.1, 0.15) is 17.1 Å². The number of H-pyrrole nitrogens is 1. The molecule has 1 N–H and O–H groups in total. The monoisotopic (exact) mass is 322 g/mol. The molecule has 0 aliphatic rings. The molecule has 3 rings (SSSR count). The summed E-state index contributed by atoms with van der Waals surface area (Å²) >= 11 is 13.9. The highest BCUT2D eigenvalue weighted by Crippen LogP contribution is 2.28. The Morgan fingerprint density at radius 3 is 2.85 bits per heavy atom. The fraction of sp³-hybridized carbons (Fsp3) is 0.133. The molecule has 2 nitrogen and oxygen atoms in total. The molecule has 2 aromatic heterocycles. The third-order valence-corrected chi connectivity index (χ3v) is 4.66. The molecule has 0 atom stereocenters. The summed E-state index contributed by atoms with van der Waals surface area (Å²) in [4.78, 5) is 7.99. The Balaban J connectivity index is 1.93. The summed E-state index contributed by atoms with van der Waals surface area (Å²) < 4.78 is 0. The summed E-state index contributed by atoms with van der Waals surface area (Å²) in [5.41, 5.74) is 4.19. The van der Waals surface area contributed by atoms with E-state index < -0.39 is 0 Å². The molecule has 3 aromatic rings. The lowest BCUT2D eigenvalue weighted by atomic mass is 10.1. The van der Waals surface area contributed by atoms with Gasteiger partial charge in [0.25, 0.3) is 0 Å². The minimum Gasteiger partial charge on any atom is -0.345 e. The van der Waals surface area contributed by atoms with Crippen molar-refractivity contribution in [3.05, 3.63) is 62.2 Å². The van der Waals surface area contributed by atoms with Gasteiger partial charge in [-0.3, -0.25) is 0 Å². The number of hydrogen-bond acceptors (Lipinski definition) is 2. The van der Waals surface area contributed by atoms with Crippen LogP contribution in [-0.4, -0.2) is 9.97 Å². The van der Waals surface area contributed by atoms with E-state index in [1.807, 2.05) is 19.1 Å². The van der Waals surface area contributed by atoms with Crippen LogP contribution in [0.5, 0.6) is 0 Å². The second kappa shape index (κ2) is 5.60. The molecule has 0 saturated heterocycles. The number of aromatic amines is 1. The van der Waals surface area contributed by atoms with Crippen LogP contribution in [0.25, 0.3) is 11.3 Å². The third kappa shape index (κ3) is 2.62. The average Bonchev–Trinajstić information content (AvgIpc) is 3.04. The van der Waals surface area contributed by atoms with E-state index in [2.05, 4.69) is 26.8 Å². The topological polar surface area (TPSA) is 28.7 Å². The number of imidazole rings is 1. The number of rotatable bonds is 3. The maximum Gasteiger partial charge on any atom is 0.111 e. The molecule has 0 spiro atoms. The van der Waals surface area contributed by atoms with E-state index in [1.165, 1.54) is 0 Å². The van der Waals surface area contributed by atoms with E-state index in [9.17, 15) is 0 Å². The number of halogens is 2. The summed E-state index contributed by atoms with van der Waals surface area (Å²) in [6.07, 6.45) is 0.643. The predicted octanol–water partition coefficient (Wildman–Crippen LogP) is 5.34. The number of aryl methyl sites for hydroxylation is 1. The van der Waals surface area contributed by atoms with Crippen LogP contribution in [-0.2, 0) is 6.42 Å². The second-order valence-electron chi connectivity index (χ2n) is 4.56. The van der Waals surface area contributed by atoms with Gasteiger partial charge in [0, 0.05) is 23.1 Å². The van der Waals surface area contributed by atoms with Gasteiger partial charge in [0.05, 0.1) is 15.7 Å². The highest BCUT2D eigenvalue weighted by molar-refractivity contribution is 7.08. The zero-order valence-electron chi connectivity index (χ0n) is 10.8. The van der Waals surface area contributed by atoms with Crippen molar-refractivity contribution >= 4 is 34.5 Å². The van der Waals surface area contributed by atoms with Gasteiger partial charge < -0.3 is 4.98 Å². The Bertz CT molecular complexity index is 732. The van der Waals surface area contributed by atoms with Gasteiger partial charge in [0.15, 0.2) is 0 Å². The Kier molecular flexibility index (Phi) is 3.83. The normalized spacial score (nSPS) is 10.9. The van der Waals surface area contributed by atoms with Crippen LogP contribution in [0.15, 0.2) is 35.0 Å². The van der Waals surface area contributed by atoms with Crippen molar-refractivity contribution in [1.29, 1.82) is 0 Å². The van der Waals surface area contributed by atoms with E-state index in [4.69, 9.17) is 23.2 Å². The van der Waals surface area contributed by atoms with Gasteiger partial charge in [-0.05, 0) is 30.0 Å². The molecule has 0 aliphatic carbocycles. The molecule has 0 amide bonds. The number of hydrogen-bond donors (Lipinski definition) is 1. The maximum absolute atomic E-state index is 6.22. The van der Waals surface area contributed by atoms with Crippen LogP contribution in [0.3, 0.4) is 0 Å². The number of thiophene rings is 1. The number of nitrogens with zero attached hydrogens (tertiary/aromatic N) is 1. The molecule has 0 fully saturated rings. The van der Waals surface area contributed by atoms with Gasteiger partial charge in [-0.25, -0.2) is 4.98 Å². The molecule has 0 unspecified atom stereocenters. The first-order valence-electron chi connectivity index (χ1n) is 6.16. The van der Waals surface area contributed by atoms with Crippen molar-refractivity contribution in [3.63, 3.8) is 0 Å². The minimum atomic E-state index is 0.575. The summed E-state index contributed by atoms with van der Waals surface area (Å²) in [5.74, 6) is 0.896. The molecular formula is C15H12Cl2N2S. The van der Waals surface area contributed by atoms with Crippen molar-refractivity contribution in [1.82, 2.24) is 9.97 Å². The van der Waals surface area contributed by atoms with Crippen molar-refractivity contribution in [2.45, 2.75) is 13.3 Å². The van der Waals surface area contributed by atoms with Crippen LogP contribution < -0.4 is 0 Å². The van der Waals surface area contributed by atoms with Crippen molar-refractivity contribution < 1.29 is 0 Å². The van der Waals surface area contributed by atoms with Gasteiger partial charge in [0.2, 0.25) is 0 Å². The highest BCUT2D eigenvalue weighted by Gasteiger charge is 2.12. The van der Waals surface area contributed by atoms with Gasteiger partial charge in [-0.15, -0.1) is 0 Å². The molecule has 20 heavy (non-hydrogen) atoms. The molecule has 0 aliphatic heterocycles. The first kappa shape index (κ1) is 13.7. The second-order valence-corrected chi connectivity index (χ2v) is 6.12. The summed E-state index contributed by atoms with van der Waals surface area (Å²) in [5, 5.41) is 5.32. The van der Waals surface area contributed by atoms with Gasteiger partial charge in [-0.2, -0.15) is 11.3 Å². The number of aromatic nitrogens is 2. The first-order valence-corrected chi connectivity index (χ1v) is 7.86. The van der Waals surface area contributed by atoms with Crippen LogP contribution in [0.4, 0.5) is 0 Å².